The van der Waals surface area contributed by atoms with E-state index in [-0.39, 0.29) is 25.0 Å². The highest BCUT2D eigenvalue weighted by Crippen LogP contribution is 2.10. The minimum atomic E-state index is -1.01. The standard InChI is InChI=1S/C30H51NO8/c1-24(2)28(33)37-20-16-12-8-5-7-11-15-19-36-27(32)23-26(31)30(35)39-22-18-14-10-6-9-13-17-21-38-29(34)25(3)4/h26H,1,3,5-23,31H2,2,4H3/t26-/m0/s1. The van der Waals surface area contributed by atoms with Crippen LogP contribution in [0, 0.1) is 0 Å². The fourth-order valence-electron chi connectivity index (χ4n) is 3.54. The zero-order valence-electron chi connectivity index (χ0n) is 24.3. The molecule has 0 heterocycles. The Balaban J connectivity index is 3.53. The molecule has 9 nitrogen and oxygen atoms in total. The first-order valence-corrected chi connectivity index (χ1v) is 14.4. The predicted octanol–water partition coefficient (Wildman–Crippen LogP) is 5.49. The molecule has 0 fully saturated rings. The SMILES string of the molecule is C=C(C)C(=O)OCCCCCCCCCOC(=O)C[C@H](N)C(=O)OCCCCCCCCCOC(=O)C(=C)C. The Morgan fingerprint density at radius 3 is 1.21 bits per heavy atom. The van der Waals surface area contributed by atoms with Crippen molar-refractivity contribution in [2.75, 3.05) is 26.4 Å². The highest BCUT2D eigenvalue weighted by Gasteiger charge is 2.19. The number of unbranched alkanes of at least 4 members (excludes halogenated alkanes) is 12. The van der Waals surface area contributed by atoms with E-state index in [9.17, 15) is 19.2 Å². The maximum atomic E-state index is 12.0. The quantitative estimate of drug-likeness (QED) is 0.0674. The van der Waals surface area contributed by atoms with E-state index in [1.165, 1.54) is 0 Å². The molecule has 0 radical (unpaired) electrons. The average Bonchev–Trinajstić information content (AvgIpc) is 2.89. The molecule has 0 saturated heterocycles. The molecule has 0 rings (SSSR count). The second kappa shape index (κ2) is 24.4. The molecule has 224 valence electrons. The van der Waals surface area contributed by atoms with Gasteiger partial charge in [-0.3, -0.25) is 9.59 Å². The Kier molecular flexibility index (Phi) is 22.7. The first kappa shape index (κ1) is 36.3. The highest BCUT2D eigenvalue weighted by molar-refractivity contribution is 5.87. The lowest BCUT2D eigenvalue weighted by atomic mass is 10.1. The van der Waals surface area contributed by atoms with E-state index in [1.807, 2.05) is 0 Å². The van der Waals surface area contributed by atoms with Gasteiger partial charge in [-0.2, -0.15) is 0 Å². The maximum Gasteiger partial charge on any atom is 0.333 e. The molecule has 1 atom stereocenters. The van der Waals surface area contributed by atoms with Gasteiger partial charge in [-0.05, 0) is 39.5 Å². The Bertz CT molecular complexity index is 749. The molecule has 0 aliphatic rings. The second-order valence-electron chi connectivity index (χ2n) is 9.98. The van der Waals surface area contributed by atoms with Crippen LogP contribution < -0.4 is 5.73 Å². The van der Waals surface area contributed by atoms with E-state index in [2.05, 4.69) is 13.2 Å². The highest BCUT2D eigenvalue weighted by atomic mass is 16.5. The smallest absolute Gasteiger partial charge is 0.333 e. The number of hydrogen-bond donors (Lipinski definition) is 1. The van der Waals surface area contributed by atoms with Gasteiger partial charge in [0.05, 0.1) is 32.8 Å². The molecule has 0 unspecified atom stereocenters. The summed E-state index contributed by atoms with van der Waals surface area (Å²) in [5, 5.41) is 0. The van der Waals surface area contributed by atoms with E-state index in [0.717, 1.165) is 89.9 Å². The zero-order valence-corrected chi connectivity index (χ0v) is 24.3. The number of rotatable bonds is 25. The van der Waals surface area contributed by atoms with Gasteiger partial charge in [-0.25, -0.2) is 9.59 Å². The lowest BCUT2D eigenvalue weighted by Crippen LogP contribution is -2.35. The molecular formula is C30H51NO8. The average molecular weight is 554 g/mol. The van der Waals surface area contributed by atoms with Crippen LogP contribution in [0.3, 0.4) is 0 Å². The van der Waals surface area contributed by atoms with Crippen molar-refractivity contribution in [1.82, 2.24) is 0 Å². The van der Waals surface area contributed by atoms with Gasteiger partial charge in [0, 0.05) is 11.1 Å². The third-order valence-corrected chi connectivity index (χ3v) is 5.94. The summed E-state index contributed by atoms with van der Waals surface area (Å²) in [6.45, 7) is 11.8. The van der Waals surface area contributed by atoms with Gasteiger partial charge >= 0.3 is 23.9 Å². The largest absolute Gasteiger partial charge is 0.466 e. The summed E-state index contributed by atoms with van der Waals surface area (Å²) < 4.78 is 20.5. The minimum Gasteiger partial charge on any atom is -0.466 e. The van der Waals surface area contributed by atoms with E-state index >= 15 is 0 Å². The fraction of sp³-hybridized carbons (Fsp3) is 0.733. The maximum absolute atomic E-state index is 12.0. The summed E-state index contributed by atoms with van der Waals surface area (Å²) in [5.74, 6) is -1.74. The number of carbonyl (C=O) groups is 4. The van der Waals surface area contributed by atoms with Crippen LogP contribution in [0.2, 0.25) is 0 Å². The van der Waals surface area contributed by atoms with Crippen LogP contribution >= 0.6 is 0 Å². The molecule has 9 heteroatoms. The molecule has 0 aliphatic heterocycles. The number of esters is 4. The van der Waals surface area contributed by atoms with E-state index in [0.29, 0.717) is 31.0 Å². The molecular weight excluding hydrogens is 502 g/mol. The predicted molar refractivity (Wildman–Crippen MR) is 151 cm³/mol. The molecule has 0 saturated carbocycles. The lowest BCUT2D eigenvalue weighted by Gasteiger charge is -2.11. The number of nitrogens with two attached hydrogens (primary N) is 1. The fourth-order valence-corrected chi connectivity index (χ4v) is 3.54. The van der Waals surface area contributed by atoms with Crippen LogP contribution in [-0.4, -0.2) is 56.3 Å². The third-order valence-electron chi connectivity index (χ3n) is 5.94. The molecule has 0 aromatic rings. The Labute approximate surface area is 234 Å². The van der Waals surface area contributed by atoms with Crippen LogP contribution in [0.5, 0.6) is 0 Å². The molecule has 0 bridgehead atoms. The Morgan fingerprint density at radius 1 is 0.538 bits per heavy atom. The number of carbonyl (C=O) groups excluding carboxylic acids is 4. The van der Waals surface area contributed by atoms with E-state index in [4.69, 9.17) is 24.7 Å². The summed E-state index contributed by atoms with van der Waals surface area (Å²) in [6.07, 6.45) is 13.3. The lowest BCUT2D eigenvalue weighted by molar-refractivity contribution is -0.152. The van der Waals surface area contributed by atoms with E-state index in [1.54, 1.807) is 13.8 Å². The van der Waals surface area contributed by atoms with Crippen molar-refractivity contribution in [3.05, 3.63) is 24.3 Å². The number of hydrogen-bond acceptors (Lipinski definition) is 9. The zero-order chi connectivity index (χ0) is 29.3. The van der Waals surface area contributed by atoms with Gasteiger partial charge in [0.2, 0.25) is 0 Å². The van der Waals surface area contributed by atoms with Crippen molar-refractivity contribution in [2.24, 2.45) is 5.73 Å². The number of ether oxygens (including phenoxy) is 4. The van der Waals surface area contributed by atoms with Crippen molar-refractivity contribution in [1.29, 1.82) is 0 Å². The summed E-state index contributed by atoms with van der Waals surface area (Å²) in [6, 6.07) is -1.01. The molecule has 2 N–H and O–H groups in total. The van der Waals surface area contributed by atoms with E-state index < -0.39 is 18.0 Å². The summed E-state index contributed by atoms with van der Waals surface area (Å²) in [7, 11) is 0. The third kappa shape index (κ3) is 23.0. The molecule has 0 spiro atoms. The minimum absolute atomic E-state index is 0.184. The van der Waals surface area contributed by atoms with Crippen molar-refractivity contribution in [2.45, 2.75) is 116 Å². The van der Waals surface area contributed by atoms with Crippen LogP contribution in [-0.2, 0) is 38.1 Å². The van der Waals surface area contributed by atoms with Crippen LogP contribution in [0.15, 0.2) is 24.3 Å². The van der Waals surface area contributed by atoms with Crippen molar-refractivity contribution in [3.8, 4) is 0 Å². The molecule has 0 aromatic heterocycles. The molecule has 0 aromatic carbocycles. The normalized spacial score (nSPS) is 11.4. The Morgan fingerprint density at radius 2 is 0.846 bits per heavy atom. The van der Waals surface area contributed by atoms with Gasteiger partial charge in [0.15, 0.2) is 0 Å². The summed E-state index contributed by atoms with van der Waals surface area (Å²) >= 11 is 0. The second-order valence-corrected chi connectivity index (χ2v) is 9.98. The topological polar surface area (TPSA) is 131 Å². The molecule has 39 heavy (non-hydrogen) atoms. The first-order chi connectivity index (χ1) is 18.6. The van der Waals surface area contributed by atoms with Gasteiger partial charge < -0.3 is 24.7 Å². The first-order valence-electron chi connectivity index (χ1n) is 14.4. The van der Waals surface area contributed by atoms with Crippen molar-refractivity contribution in [3.63, 3.8) is 0 Å². The summed E-state index contributed by atoms with van der Waals surface area (Å²) in [4.78, 5) is 46.4. The molecule has 0 amide bonds. The van der Waals surface area contributed by atoms with Gasteiger partial charge in [-0.1, -0.05) is 77.4 Å². The van der Waals surface area contributed by atoms with Crippen molar-refractivity contribution < 1.29 is 38.1 Å². The summed E-state index contributed by atoms with van der Waals surface area (Å²) in [5.41, 5.74) is 6.62. The monoisotopic (exact) mass is 553 g/mol. The van der Waals surface area contributed by atoms with Gasteiger partial charge in [0.25, 0.3) is 0 Å². The van der Waals surface area contributed by atoms with Crippen LogP contribution in [0.4, 0.5) is 0 Å². The van der Waals surface area contributed by atoms with Gasteiger partial charge in [-0.15, -0.1) is 0 Å². The van der Waals surface area contributed by atoms with Gasteiger partial charge in [0.1, 0.15) is 6.04 Å². The van der Waals surface area contributed by atoms with Crippen LogP contribution in [0.1, 0.15) is 110 Å². The molecule has 0 aliphatic carbocycles. The Hall–Kier alpha value is -2.68. The van der Waals surface area contributed by atoms with Crippen molar-refractivity contribution >= 4 is 23.9 Å². The van der Waals surface area contributed by atoms with Crippen LogP contribution in [0.25, 0.3) is 0 Å².